The molecule has 3 aromatic rings. The number of fused-ring (bicyclic) bond motifs is 1. The maximum absolute atomic E-state index is 13.0. The van der Waals surface area contributed by atoms with Crippen LogP contribution in [0.4, 0.5) is 5.69 Å². The van der Waals surface area contributed by atoms with Crippen LogP contribution in [0, 0.1) is 5.92 Å². The summed E-state index contributed by atoms with van der Waals surface area (Å²) in [5, 5.41) is 3.07. The van der Waals surface area contributed by atoms with Crippen molar-refractivity contribution in [2.45, 2.75) is 39.7 Å². The third-order valence-electron chi connectivity index (χ3n) is 5.07. The minimum Gasteiger partial charge on any atom is -0.342 e. The van der Waals surface area contributed by atoms with E-state index in [1.54, 1.807) is 31.2 Å². The van der Waals surface area contributed by atoms with Crippen molar-refractivity contribution in [2.24, 2.45) is 5.92 Å². The smallest absolute Gasteiger partial charge is 0.251 e. The molecule has 2 unspecified atom stereocenters. The van der Waals surface area contributed by atoms with Gasteiger partial charge in [0.25, 0.3) is 5.91 Å². The van der Waals surface area contributed by atoms with Gasteiger partial charge in [0.05, 0.1) is 22.8 Å². The number of aromatic nitrogens is 2. The number of H-pyrrole nitrogens is 1. The van der Waals surface area contributed by atoms with Crippen LogP contribution < -0.4 is 10.0 Å². The molecule has 2 aromatic carbocycles. The summed E-state index contributed by atoms with van der Waals surface area (Å²) in [5.74, 6) is 0.614. The molecule has 0 spiro atoms. The number of benzene rings is 2. The second-order valence-electron chi connectivity index (χ2n) is 7.48. The first-order valence-electron chi connectivity index (χ1n) is 10.2. The molecule has 0 aliphatic rings. The van der Waals surface area contributed by atoms with E-state index >= 15 is 0 Å². The Hall–Kier alpha value is -2.87. The minimum absolute atomic E-state index is 0.0333. The zero-order valence-corrected chi connectivity index (χ0v) is 18.3. The first-order valence-corrected chi connectivity index (χ1v) is 11.8. The predicted octanol–water partition coefficient (Wildman–Crippen LogP) is 4.23. The van der Waals surface area contributed by atoms with E-state index in [2.05, 4.69) is 33.9 Å². The summed E-state index contributed by atoms with van der Waals surface area (Å²) < 4.78 is 26.6. The molecule has 0 radical (unpaired) electrons. The van der Waals surface area contributed by atoms with Crippen LogP contribution in [0.15, 0.2) is 48.5 Å². The molecule has 30 heavy (non-hydrogen) atoms. The summed E-state index contributed by atoms with van der Waals surface area (Å²) >= 11 is 0. The van der Waals surface area contributed by atoms with Gasteiger partial charge in [0.15, 0.2) is 0 Å². The van der Waals surface area contributed by atoms with Gasteiger partial charge in [-0.1, -0.05) is 45.4 Å². The summed E-state index contributed by atoms with van der Waals surface area (Å²) in [7, 11) is -3.42. The summed E-state index contributed by atoms with van der Waals surface area (Å²) in [6.07, 6.45) is 1.38. The molecule has 1 amide bonds. The van der Waals surface area contributed by atoms with Gasteiger partial charge in [0.1, 0.15) is 5.82 Å². The Labute approximate surface area is 177 Å². The average molecular weight is 429 g/mol. The Morgan fingerprint density at radius 2 is 1.90 bits per heavy atom. The molecule has 0 aliphatic heterocycles. The van der Waals surface area contributed by atoms with Crippen LogP contribution in [0.1, 0.15) is 55.8 Å². The Morgan fingerprint density at radius 1 is 1.13 bits per heavy atom. The van der Waals surface area contributed by atoms with Gasteiger partial charge in [0, 0.05) is 11.3 Å². The van der Waals surface area contributed by atoms with Crippen LogP contribution in [0.3, 0.4) is 0 Å². The number of carbonyl (C=O) groups excluding carboxylic acids is 1. The van der Waals surface area contributed by atoms with Crippen molar-refractivity contribution in [2.75, 3.05) is 10.5 Å². The number of para-hydroxylation sites is 2. The number of nitrogens with one attached hydrogen (secondary N) is 3. The van der Waals surface area contributed by atoms with Gasteiger partial charge in [-0.2, -0.15) is 0 Å². The number of anilines is 1. The van der Waals surface area contributed by atoms with Crippen LogP contribution in [0.2, 0.25) is 0 Å². The molecule has 2 atom stereocenters. The van der Waals surface area contributed by atoms with Crippen LogP contribution in [0.5, 0.6) is 0 Å². The second-order valence-corrected chi connectivity index (χ2v) is 9.32. The molecule has 160 valence electrons. The molecule has 0 saturated carbocycles. The quantitative estimate of drug-likeness (QED) is 0.474. The average Bonchev–Trinajstić information content (AvgIpc) is 3.14. The fourth-order valence-electron chi connectivity index (χ4n) is 3.28. The zero-order chi connectivity index (χ0) is 21.7. The number of carbonyl (C=O) groups is 1. The SMILES string of the molecule is CCCS(=O)(=O)Nc1cccc(C(=O)NC(c2nc3ccccc3[nH]2)C(C)CC)c1. The van der Waals surface area contributed by atoms with E-state index in [0.29, 0.717) is 23.5 Å². The monoisotopic (exact) mass is 428 g/mol. The fraction of sp³-hybridized carbons (Fsp3) is 0.364. The van der Waals surface area contributed by atoms with Gasteiger partial charge < -0.3 is 10.3 Å². The van der Waals surface area contributed by atoms with E-state index < -0.39 is 10.0 Å². The van der Waals surface area contributed by atoms with Crippen LogP contribution in [0.25, 0.3) is 11.0 Å². The van der Waals surface area contributed by atoms with Gasteiger partial charge in [-0.15, -0.1) is 0 Å². The minimum atomic E-state index is -3.42. The first kappa shape index (κ1) is 21.8. The third kappa shape index (κ3) is 5.18. The highest BCUT2D eigenvalue weighted by Gasteiger charge is 2.24. The zero-order valence-electron chi connectivity index (χ0n) is 17.5. The molecule has 1 aromatic heterocycles. The number of hydrogen-bond donors (Lipinski definition) is 3. The lowest BCUT2D eigenvalue weighted by Crippen LogP contribution is -2.33. The lowest BCUT2D eigenvalue weighted by atomic mass is 9.98. The second kappa shape index (κ2) is 9.30. The van der Waals surface area contributed by atoms with Gasteiger partial charge >= 0.3 is 0 Å². The van der Waals surface area contributed by atoms with Crippen molar-refractivity contribution in [3.63, 3.8) is 0 Å². The van der Waals surface area contributed by atoms with E-state index in [-0.39, 0.29) is 23.6 Å². The number of amides is 1. The largest absolute Gasteiger partial charge is 0.342 e. The molecule has 7 nitrogen and oxygen atoms in total. The van der Waals surface area contributed by atoms with E-state index in [1.165, 1.54) is 0 Å². The normalized spacial score (nSPS) is 13.7. The highest BCUT2D eigenvalue weighted by molar-refractivity contribution is 7.92. The Bertz CT molecular complexity index is 1090. The van der Waals surface area contributed by atoms with Gasteiger partial charge in [-0.25, -0.2) is 13.4 Å². The lowest BCUT2D eigenvalue weighted by Gasteiger charge is -2.22. The van der Waals surface area contributed by atoms with Gasteiger partial charge in [0.2, 0.25) is 10.0 Å². The van der Waals surface area contributed by atoms with Crippen molar-refractivity contribution < 1.29 is 13.2 Å². The maximum atomic E-state index is 13.0. The van der Waals surface area contributed by atoms with Crippen LogP contribution in [-0.2, 0) is 10.0 Å². The van der Waals surface area contributed by atoms with E-state index in [1.807, 2.05) is 24.3 Å². The van der Waals surface area contributed by atoms with Gasteiger partial charge in [-0.05, 0) is 42.7 Å². The molecule has 8 heteroatoms. The molecule has 3 rings (SSSR count). The third-order valence-corrected chi connectivity index (χ3v) is 6.57. The highest BCUT2D eigenvalue weighted by atomic mass is 32.2. The first-order chi connectivity index (χ1) is 14.3. The molecule has 0 aliphatic carbocycles. The van der Waals surface area contributed by atoms with E-state index in [0.717, 1.165) is 17.5 Å². The molecule has 0 saturated heterocycles. The van der Waals surface area contributed by atoms with E-state index in [4.69, 9.17) is 0 Å². The van der Waals surface area contributed by atoms with Crippen molar-refractivity contribution in [1.29, 1.82) is 0 Å². The topological polar surface area (TPSA) is 104 Å². The Balaban J connectivity index is 1.83. The summed E-state index contributed by atoms with van der Waals surface area (Å²) in [5.41, 5.74) is 2.53. The number of sulfonamides is 1. The number of rotatable bonds is 9. The molecule has 3 N–H and O–H groups in total. The molecule has 1 heterocycles. The van der Waals surface area contributed by atoms with Crippen molar-refractivity contribution in [3.8, 4) is 0 Å². The molecule has 0 bridgehead atoms. The maximum Gasteiger partial charge on any atom is 0.251 e. The number of aromatic amines is 1. The highest BCUT2D eigenvalue weighted by Crippen LogP contribution is 2.25. The van der Waals surface area contributed by atoms with Crippen LogP contribution >= 0.6 is 0 Å². The molecular weight excluding hydrogens is 400 g/mol. The van der Waals surface area contributed by atoms with Crippen LogP contribution in [-0.4, -0.2) is 30.0 Å². The number of imidazole rings is 1. The van der Waals surface area contributed by atoms with Crippen molar-refractivity contribution in [3.05, 3.63) is 59.9 Å². The number of hydrogen-bond acceptors (Lipinski definition) is 4. The van der Waals surface area contributed by atoms with Crippen molar-refractivity contribution in [1.82, 2.24) is 15.3 Å². The summed E-state index contributed by atoms with van der Waals surface area (Å²) in [4.78, 5) is 20.9. The Kier molecular flexibility index (Phi) is 6.77. The lowest BCUT2D eigenvalue weighted by molar-refractivity contribution is 0.0920. The molecule has 0 fully saturated rings. The summed E-state index contributed by atoms with van der Waals surface area (Å²) in [6, 6.07) is 14.0. The summed E-state index contributed by atoms with van der Waals surface area (Å²) in [6.45, 7) is 5.93. The Morgan fingerprint density at radius 3 is 2.60 bits per heavy atom. The van der Waals surface area contributed by atoms with Gasteiger partial charge in [-0.3, -0.25) is 9.52 Å². The number of nitrogens with zero attached hydrogens (tertiary/aromatic N) is 1. The van der Waals surface area contributed by atoms with E-state index in [9.17, 15) is 13.2 Å². The fourth-order valence-corrected chi connectivity index (χ4v) is 4.41. The predicted molar refractivity (Wildman–Crippen MR) is 120 cm³/mol. The molecular formula is C22H28N4O3S. The van der Waals surface area contributed by atoms with Crippen molar-refractivity contribution >= 4 is 32.7 Å². The standard InChI is InChI=1S/C22H28N4O3S/c1-4-13-30(28,29)26-17-10-8-9-16(14-17)22(27)25-20(15(3)5-2)21-23-18-11-6-7-12-19(18)24-21/h6-12,14-15,20,26H,4-5,13H2,1-3H3,(H,23,24)(H,25,27).